The number of allylic oxidation sites excluding steroid dienone is 3. The molecule has 0 aliphatic heterocycles. The number of hydrogen-bond donors (Lipinski definition) is 2. The zero-order valence-electron chi connectivity index (χ0n) is 16.8. The Kier molecular flexibility index (Phi) is 11.5. The van der Waals surface area contributed by atoms with E-state index in [9.17, 15) is 14.7 Å². The van der Waals surface area contributed by atoms with E-state index in [-0.39, 0.29) is 18.1 Å². The van der Waals surface area contributed by atoms with Gasteiger partial charge in [0.15, 0.2) is 0 Å². The van der Waals surface area contributed by atoms with Crippen LogP contribution >= 0.6 is 0 Å². The molecule has 0 aromatic heterocycles. The van der Waals surface area contributed by atoms with E-state index in [1.807, 2.05) is 14.0 Å². The van der Waals surface area contributed by atoms with Crippen molar-refractivity contribution in [3.63, 3.8) is 0 Å². The first kappa shape index (κ1) is 23.7. The molecule has 3 atom stereocenters. The first-order valence-electron chi connectivity index (χ1n) is 9.30. The van der Waals surface area contributed by atoms with Crippen LogP contribution in [-0.2, 0) is 9.59 Å². The summed E-state index contributed by atoms with van der Waals surface area (Å²) >= 11 is 0. The molecule has 0 aliphatic carbocycles. The fourth-order valence-electron chi connectivity index (χ4n) is 2.99. The zero-order valence-corrected chi connectivity index (χ0v) is 16.8. The minimum absolute atomic E-state index is 0.00289. The molecule has 0 radical (unpaired) electrons. The lowest BCUT2D eigenvalue weighted by atomic mass is 9.74. The molecule has 0 aromatic rings. The molecule has 0 saturated carbocycles. The van der Waals surface area contributed by atoms with Crippen molar-refractivity contribution in [2.45, 2.75) is 66.4 Å². The van der Waals surface area contributed by atoms with E-state index in [1.165, 1.54) is 5.57 Å². The van der Waals surface area contributed by atoms with Gasteiger partial charge in [-0.1, -0.05) is 51.5 Å². The summed E-state index contributed by atoms with van der Waals surface area (Å²) in [5.74, 6) is 0.284. The molecule has 0 saturated heterocycles. The van der Waals surface area contributed by atoms with Crippen molar-refractivity contribution in [2.75, 3.05) is 13.6 Å². The first-order chi connectivity index (χ1) is 11.7. The van der Waals surface area contributed by atoms with Gasteiger partial charge in [-0.2, -0.15) is 0 Å². The molecule has 144 valence electrons. The molecule has 0 fully saturated rings. The molecule has 0 heterocycles. The topological polar surface area (TPSA) is 66.4 Å². The maximum atomic E-state index is 12.6. The summed E-state index contributed by atoms with van der Waals surface area (Å²) in [5, 5.41) is 13.2. The molecular formula is C21H37NO3. The molecular weight excluding hydrogens is 314 g/mol. The summed E-state index contributed by atoms with van der Waals surface area (Å²) in [6.07, 6.45) is 8.99. The van der Waals surface area contributed by atoms with Gasteiger partial charge in [0.1, 0.15) is 12.1 Å². The third kappa shape index (κ3) is 9.13. The normalized spacial score (nSPS) is 16.7. The van der Waals surface area contributed by atoms with E-state index >= 15 is 0 Å². The molecule has 2 N–H and O–H groups in total. The van der Waals surface area contributed by atoms with Crippen LogP contribution in [0, 0.1) is 17.3 Å². The van der Waals surface area contributed by atoms with Crippen LogP contribution in [0.3, 0.4) is 0 Å². The van der Waals surface area contributed by atoms with Gasteiger partial charge in [-0.05, 0) is 45.7 Å². The van der Waals surface area contributed by atoms with E-state index < -0.39 is 11.5 Å². The Morgan fingerprint density at radius 3 is 2.44 bits per heavy atom. The predicted molar refractivity (Wildman–Crippen MR) is 104 cm³/mol. The smallest absolute Gasteiger partial charge is 0.143 e. The Morgan fingerprint density at radius 1 is 1.24 bits per heavy atom. The van der Waals surface area contributed by atoms with Crippen LogP contribution in [0.5, 0.6) is 0 Å². The predicted octanol–water partition coefficient (Wildman–Crippen LogP) is 3.70. The maximum absolute atomic E-state index is 12.6. The quantitative estimate of drug-likeness (QED) is 0.302. The summed E-state index contributed by atoms with van der Waals surface area (Å²) in [7, 11) is 1.95. The number of Topliss-reactive ketones (excluding diaryl/α,β-unsaturated/α-hetero) is 1. The largest absolute Gasteiger partial charge is 0.392 e. The lowest BCUT2D eigenvalue weighted by Gasteiger charge is -2.31. The van der Waals surface area contributed by atoms with Crippen molar-refractivity contribution >= 4 is 12.1 Å². The second kappa shape index (κ2) is 12.2. The van der Waals surface area contributed by atoms with Gasteiger partial charge < -0.3 is 15.2 Å². The number of rotatable bonds is 13. The van der Waals surface area contributed by atoms with Gasteiger partial charge >= 0.3 is 0 Å². The highest BCUT2D eigenvalue weighted by Gasteiger charge is 2.37. The lowest BCUT2D eigenvalue weighted by Crippen LogP contribution is -2.40. The summed E-state index contributed by atoms with van der Waals surface area (Å²) in [6, 6.07) is 0. The highest BCUT2D eigenvalue weighted by molar-refractivity contribution is 5.87. The Balaban J connectivity index is 4.50. The SMILES string of the molecule is CNCC/C=C(C)\C=C\CC(C)CC(C)C(=O)C(C)(C)C(O)CC=O. The Bertz CT molecular complexity index is 466. The van der Waals surface area contributed by atoms with Gasteiger partial charge in [-0.15, -0.1) is 0 Å². The lowest BCUT2D eigenvalue weighted by molar-refractivity contribution is -0.138. The minimum atomic E-state index is -0.916. The Labute approximate surface area is 153 Å². The standard InChI is InChI=1S/C21H37NO3/c1-16(11-8-13-22-6)9-7-10-17(2)15-18(3)20(25)21(4,5)19(24)12-14-23/h7,9,11,14,17-19,22,24H,8,10,12-13,15H2,1-6H3/b9-7+,16-11-. The average molecular weight is 352 g/mol. The van der Waals surface area contributed by atoms with Crippen molar-refractivity contribution in [2.24, 2.45) is 17.3 Å². The van der Waals surface area contributed by atoms with E-state index in [2.05, 4.69) is 37.4 Å². The van der Waals surface area contributed by atoms with Crippen molar-refractivity contribution in [1.29, 1.82) is 0 Å². The van der Waals surface area contributed by atoms with Gasteiger partial charge in [0.25, 0.3) is 0 Å². The van der Waals surface area contributed by atoms with Crippen LogP contribution in [0.25, 0.3) is 0 Å². The summed E-state index contributed by atoms with van der Waals surface area (Å²) in [6.45, 7) is 10.6. The zero-order chi connectivity index (χ0) is 19.5. The van der Waals surface area contributed by atoms with E-state index in [4.69, 9.17) is 0 Å². The molecule has 0 amide bonds. The summed E-state index contributed by atoms with van der Waals surface area (Å²) < 4.78 is 0. The number of hydrogen-bond acceptors (Lipinski definition) is 4. The van der Waals surface area contributed by atoms with Crippen LogP contribution in [0.4, 0.5) is 0 Å². The molecule has 4 heteroatoms. The number of ketones is 1. The summed E-state index contributed by atoms with van der Waals surface area (Å²) in [4.78, 5) is 23.2. The van der Waals surface area contributed by atoms with Crippen LogP contribution in [-0.4, -0.2) is 36.9 Å². The van der Waals surface area contributed by atoms with Crippen molar-refractivity contribution in [1.82, 2.24) is 5.32 Å². The van der Waals surface area contributed by atoms with Crippen molar-refractivity contribution < 1.29 is 14.7 Å². The molecule has 0 aromatic carbocycles. The molecule has 0 aliphatic rings. The number of nitrogens with one attached hydrogen (secondary N) is 1. The third-order valence-corrected chi connectivity index (χ3v) is 4.77. The number of carbonyl (C=O) groups excluding carboxylic acids is 2. The van der Waals surface area contributed by atoms with E-state index in [0.717, 1.165) is 25.8 Å². The number of aldehydes is 1. The van der Waals surface area contributed by atoms with Gasteiger partial charge in [0, 0.05) is 17.8 Å². The number of carbonyl (C=O) groups is 2. The molecule has 0 spiro atoms. The average Bonchev–Trinajstić information content (AvgIpc) is 2.54. The van der Waals surface area contributed by atoms with E-state index in [0.29, 0.717) is 12.2 Å². The van der Waals surface area contributed by atoms with E-state index in [1.54, 1.807) is 13.8 Å². The number of aliphatic hydroxyl groups is 1. The highest BCUT2D eigenvalue weighted by atomic mass is 16.3. The van der Waals surface area contributed by atoms with Gasteiger partial charge in [0.2, 0.25) is 0 Å². The molecule has 4 nitrogen and oxygen atoms in total. The molecule has 25 heavy (non-hydrogen) atoms. The fraction of sp³-hybridized carbons (Fsp3) is 0.714. The van der Waals surface area contributed by atoms with Crippen molar-refractivity contribution in [3.8, 4) is 0 Å². The Morgan fingerprint density at radius 2 is 1.88 bits per heavy atom. The molecule has 3 unspecified atom stereocenters. The first-order valence-corrected chi connectivity index (χ1v) is 9.30. The summed E-state index contributed by atoms with van der Waals surface area (Å²) in [5.41, 5.74) is 0.368. The molecule has 0 rings (SSSR count). The fourth-order valence-corrected chi connectivity index (χ4v) is 2.99. The van der Waals surface area contributed by atoms with Crippen LogP contribution in [0.2, 0.25) is 0 Å². The maximum Gasteiger partial charge on any atom is 0.143 e. The monoisotopic (exact) mass is 351 g/mol. The van der Waals surface area contributed by atoms with Crippen LogP contribution < -0.4 is 5.32 Å². The highest BCUT2D eigenvalue weighted by Crippen LogP contribution is 2.30. The van der Waals surface area contributed by atoms with Crippen LogP contribution in [0.1, 0.15) is 60.3 Å². The van der Waals surface area contributed by atoms with Gasteiger partial charge in [-0.3, -0.25) is 4.79 Å². The second-order valence-corrected chi connectivity index (χ2v) is 7.72. The second-order valence-electron chi connectivity index (χ2n) is 7.72. The van der Waals surface area contributed by atoms with Crippen LogP contribution in [0.15, 0.2) is 23.8 Å². The third-order valence-electron chi connectivity index (χ3n) is 4.77. The van der Waals surface area contributed by atoms with Gasteiger partial charge in [-0.25, -0.2) is 0 Å². The Hall–Kier alpha value is -1.26. The minimum Gasteiger partial charge on any atom is -0.392 e. The molecule has 0 bridgehead atoms. The van der Waals surface area contributed by atoms with Gasteiger partial charge in [0.05, 0.1) is 6.10 Å². The van der Waals surface area contributed by atoms with Crippen molar-refractivity contribution in [3.05, 3.63) is 23.8 Å². The number of aliphatic hydroxyl groups excluding tert-OH is 1.